The van der Waals surface area contributed by atoms with Crippen molar-refractivity contribution in [3.8, 4) is 45.5 Å². The number of H-pyrrole nitrogens is 1. The molecule has 5 heteroatoms. The fourth-order valence-electron chi connectivity index (χ4n) is 3.58. The molecule has 0 aliphatic heterocycles. The van der Waals surface area contributed by atoms with Gasteiger partial charge in [-0.1, -0.05) is 42.5 Å². The first kappa shape index (κ1) is 18.1. The van der Waals surface area contributed by atoms with E-state index in [1.807, 2.05) is 78.9 Å². The number of hydrogen-bond acceptors (Lipinski definition) is 4. The van der Waals surface area contributed by atoms with E-state index < -0.39 is 0 Å². The zero-order valence-electron chi connectivity index (χ0n) is 16.7. The van der Waals surface area contributed by atoms with Crippen LogP contribution in [0.25, 0.3) is 45.1 Å². The number of nitrogens with one attached hydrogen (secondary N) is 1. The third kappa shape index (κ3) is 3.10. The normalized spacial score (nSPS) is 11.0. The minimum absolute atomic E-state index is 0.651. The first-order valence-electron chi connectivity index (χ1n) is 9.63. The summed E-state index contributed by atoms with van der Waals surface area (Å²) >= 11 is 0. The number of hydrogen-bond donors (Lipinski definition) is 1. The van der Waals surface area contributed by atoms with E-state index >= 15 is 0 Å². The maximum Gasteiger partial charge on any atom is 0.161 e. The summed E-state index contributed by atoms with van der Waals surface area (Å²) in [5.41, 5.74) is 4.69. The summed E-state index contributed by atoms with van der Waals surface area (Å²) in [7, 11) is 3.25. The van der Waals surface area contributed by atoms with Crippen LogP contribution in [-0.4, -0.2) is 24.2 Å². The van der Waals surface area contributed by atoms with Gasteiger partial charge in [-0.3, -0.25) is 0 Å². The monoisotopic (exact) mass is 396 g/mol. The molecule has 0 spiro atoms. The Morgan fingerprint density at radius 2 is 1.53 bits per heavy atom. The van der Waals surface area contributed by atoms with Crippen LogP contribution < -0.4 is 9.47 Å². The predicted octanol–water partition coefficient (Wildman–Crippen LogP) is 6.17. The molecule has 0 aliphatic rings. The molecule has 1 N–H and O–H groups in total. The molecule has 0 bridgehead atoms. The van der Waals surface area contributed by atoms with Gasteiger partial charge in [0.2, 0.25) is 0 Å². The number of benzene rings is 3. The Kier molecular flexibility index (Phi) is 4.48. The third-order valence-electron chi connectivity index (χ3n) is 5.08. The molecule has 0 amide bonds. The van der Waals surface area contributed by atoms with E-state index in [9.17, 15) is 0 Å². The maximum absolute atomic E-state index is 6.35. The molecule has 0 saturated carbocycles. The second-order valence-corrected chi connectivity index (χ2v) is 6.89. The Bertz CT molecular complexity index is 1290. The van der Waals surface area contributed by atoms with Crippen molar-refractivity contribution in [3.63, 3.8) is 0 Å². The van der Waals surface area contributed by atoms with Gasteiger partial charge in [0.1, 0.15) is 17.3 Å². The summed E-state index contributed by atoms with van der Waals surface area (Å²) in [5.74, 6) is 3.58. The number of aromatic amines is 1. The number of nitrogens with zero attached hydrogens (tertiary/aromatic N) is 1. The molecule has 0 aliphatic carbocycles. The first-order valence-corrected chi connectivity index (χ1v) is 9.63. The van der Waals surface area contributed by atoms with Gasteiger partial charge in [-0.2, -0.15) is 0 Å². The number of fused-ring (bicyclic) bond motifs is 1. The van der Waals surface area contributed by atoms with Crippen LogP contribution in [0.1, 0.15) is 0 Å². The summed E-state index contributed by atoms with van der Waals surface area (Å²) in [6.45, 7) is 0. The van der Waals surface area contributed by atoms with Gasteiger partial charge in [0.25, 0.3) is 0 Å². The van der Waals surface area contributed by atoms with Crippen LogP contribution >= 0.6 is 0 Å². The molecule has 0 unspecified atom stereocenters. The lowest BCUT2D eigenvalue weighted by molar-refractivity contribution is 0.355. The third-order valence-corrected chi connectivity index (χ3v) is 5.08. The molecule has 2 aromatic heterocycles. The largest absolute Gasteiger partial charge is 0.493 e. The molecular formula is C25H20N2O3. The van der Waals surface area contributed by atoms with Crippen LogP contribution in [0.2, 0.25) is 0 Å². The molecular weight excluding hydrogens is 376 g/mol. The number of rotatable bonds is 5. The van der Waals surface area contributed by atoms with Crippen LogP contribution in [0.5, 0.6) is 11.5 Å². The number of imidazole rings is 1. The predicted molar refractivity (Wildman–Crippen MR) is 118 cm³/mol. The van der Waals surface area contributed by atoms with Gasteiger partial charge in [0.15, 0.2) is 11.5 Å². The van der Waals surface area contributed by atoms with E-state index in [1.165, 1.54) is 0 Å². The lowest BCUT2D eigenvalue weighted by atomic mass is 10.1. The zero-order chi connectivity index (χ0) is 20.5. The summed E-state index contributed by atoms with van der Waals surface area (Å²) < 4.78 is 17.2. The number of ether oxygens (including phenoxy) is 2. The highest BCUT2D eigenvalue weighted by atomic mass is 16.5. The highest BCUT2D eigenvalue weighted by Crippen LogP contribution is 2.40. The van der Waals surface area contributed by atoms with E-state index in [1.54, 1.807) is 14.2 Å². The molecule has 30 heavy (non-hydrogen) atoms. The first-order chi connectivity index (χ1) is 14.8. The standard InChI is InChI=1S/C25H20N2O3/c1-28-21-13-12-17(14-23(21)29-2)22-15-18(24(30-22)16-8-4-3-5-9-16)25-26-19-10-6-7-11-20(19)27-25/h3-15H,1-2H3,(H,26,27). The Morgan fingerprint density at radius 3 is 2.30 bits per heavy atom. The number of para-hydroxylation sites is 2. The number of methoxy groups -OCH3 is 2. The Hall–Kier alpha value is -3.99. The van der Waals surface area contributed by atoms with Gasteiger partial charge in [0, 0.05) is 11.1 Å². The van der Waals surface area contributed by atoms with E-state index in [-0.39, 0.29) is 0 Å². The zero-order valence-corrected chi connectivity index (χ0v) is 16.7. The lowest BCUT2D eigenvalue weighted by Crippen LogP contribution is -1.90. The van der Waals surface area contributed by atoms with Gasteiger partial charge in [-0.25, -0.2) is 4.98 Å². The fraction of sp³-hybridized carbons (Fsp3) is 0.0800. The van der Waals surface area contributed by atoms with Crippen molar-refractivity contribution >= 4 is 11.0 Å². The smallest absolute Gasteiger partial charge is 0.161 e. The topological polar surface area (TPSA) is 60.3 Å². The summed E-state index contributed by atoms with van der Waals surface area (Å²) in [4.78, 5) is 8.19. The van der Waals surface area contributed by atoms with Gasteiger partial charge >= 0.3 is 0 Å². The van der Waals surface area contributed by atoms with Crippen LogP contribution in [-0.2, 0) is 0 Å². The van der Waals surface area contributed by atoms with Crippen molar-refractivity contribution in [3.05, 3.63) is 78.9 Å². The molecule has 148 valence electrons. The summed E-state index contributed by atoms with van der Waals surface area (Å²) in [6.07, 6.45) is 0. The van der Waals surface area contributed by atoms with Gasteiger partial charge in [-0.05, 0) is 36.4 Å². The molecule has 0 radical (unpaired) electrons. The second kappa shape index (κ2) is 7.44. The summed E-state index contributed by atoms with van der Waals surface area (Å²) in [5, 5.41) is 0. The van der Waals surface area contributed by atoms with Crippen LogP contribution in [0.4, 0.5) is 0 Å². The highest BCUT2D eigenvalue weighted by molar-refractivity contribution is 5.86. The summed E-state index contributed by atoms with van der Waals surface area (Å²) in [6, 6.07) is 25.8. The van der Waals surface area contributed by atoms with Crippen molar-refractivity contribution in [2.45, 2.75) is 0 Å². The molecule has 0 atom stereocenters. The second-order valence-electron chi connectivity index (χ2n) is 6.89. The minimum atomic E-state index is 0.651. The van der Waals surface area contributed by atoms with Crippen molar-refractivity contribution in [2.24, 2.45) is 0 Å². The van der Waals surface area contributed by atoms with E-state index in [2.05, 4.69) is 4.98 Å². The Morgan fingerprint density at radius 1 is 0.767 bits per heavy atom. The fourth-order valence-corrected chi connectivity index (χ4v) is 3.58. The molecule has 3 aromatic carbocycles. The maximum atomic E-state index is 6.35. The molecule has 5 rings (SSSR count). The number of furan rings is 1. The highest BCUT2D eigenvalue weighted by Gasteiger charge is 2.19. The van der Waals surface area contributed by atoms with Crippen molar-refractivity contribution in [2.75, 3.05) is 14.2 Å². The molecule has 0 fully saturated rings. The Balaban J connectivity index is 1.69. The quantitative estimate of drug-likeness (QED) is 0.386. The van der Waals surface area contributed by atoms with Crippen LogP contribution in [0.15, 0.2) is 83.3 Å². The average Bonchev–Trinajstić information content (AvgIpc) is 3.43. The number of aromatic nitrogens is 2. The van der Waals surface area contributed by atoms with Gasteiger partial charge in [-0.15, -0.1) is 0 Å². The van der Waals surface area contributed by atoms with Crippen LogP contribution in [0.3, 0.4) is 0 Å². The van der Waals surface area contributed by atoms with E-state index in [0.29, 0.717) is 11.5 Å². The molecule has 0 saturated heterocycles. The van der Waals surface area contributed by atoms with Gasteiger partial charge < -0.3 is 18.9 Å². The molecule has 5 aromatic rings. The molecule has 2 heterocycles. The average molecular weight is 396 g/mol. The minimum Gasteiger partial charge on any atom is -0.493 e. The molecule has 5 nitrogen and oxygen atoms in total. The lowest BCUT2D eigenvalue weighted by Gasteiger charge is -2.08. The van der Waals surface area contributed by atoms with Crippen molar-refractivity contribution < 1.29 is 13.9 Å². The van der Waals surface area contributed by atoms with E-state index in [4.69, 9.17) is 18.9 Å². The van der Waals surface area contributed by atoms with Gasteiger partial charge in [0.05, 0.1) is 30.8 Å². The van der Waals surface area contributed by atoms with Crippen molar-refractivity contribution in [1.29, 1.82) is 0 Å². The SMILES string of the molecule is COc1ccc(-c2cc(-c3nc4ccccc4[nH]3)c(-c3ccccc3)o2)cc1OC. The van der Waals surface area contributed by atoms with Crippen LogP contribution in [0, 0.1) is 0 Å². The Labute approximate surface area is 173 Å². The van der Waals surface area contributed by atoms with Crippen molar-refractivity contribution in [1.82, 2.24) is 9.97 Å². The van der Waals surface area contributed by atoms with E-state index in [0.717, 1.165) is 45.1 Å².